The molecule has 3 N–H and O–H groups in total. The van der Waals surface area contributed by atoms with Gasteiger partial charge in [0.05, 0.1) is 13.7 Å². The Morgan fingerprint density at radius 1 is 1.09 bits per heavy atom. The van der Waals surface area contributed by atoms with Crippen molar-refractivity contribution in [3.8, 4) is 11.5 Å². The van der Waals surface area contributed by atoms with E-state index in [2.05, 4.69) is 17.6 Å². The van der Waals surface area contributed by atoms with Gasteiger partial charge in [-0.25, -0.2) is 0 Å². The zero-order valence-corrected chi connectivity index (χ0v) is 14.9. The summed E-state index contributed by atoms with van der Waals surface area (Å²) in [6, 6.07) is 5.85. The first kappa shape index (κ1) is 23.5. The van der Waals surface area contributed by atoms with Crippen LogP contribution in [0.2, 0.25) is 0 Å². The monoisotopic (exact) mass is 354 g/mol. The van der Waals surface area contributed by atoms with E-state index < -0.39 is 0 Å². The molecule has 0 amide bonds. The summed E-state index contributed by atoms with van der Waals surface area (Å²) in [5, 5.41) is 15.5. The van der Waals surface area contributed by atoms with Crippen LogP contribution in [0.15, 0.2) is 18.2 Å². The second-order valence-corrected chi connectivity index (χ2v) is 4.44. The fraction of sp³-hybridized carbons (Fsp3) is 0.600. The van der Waals surface area contributed by atoms with Crippen LogP contribution in [0.4, 0.5) is 0 Å². The van der Waals surface area contributed by atoms with Crippen LogP contribution in [0.25, 0.3) is 0 Å². The molecule has 1 rings (SSSR count). The quantitative estimate of drug-likeness (QED) is 0.530. The van der Waals surface area contributed by atoms with Gasteiger partial charge in [-0.2, -0.15) is 0 Å². The Bertz CT molecular complexity index is 382. The largest absolute Gasteiger partial charge is 0.493 e. The van der Waals surface area contributed by atoms with Crippen LogP contribution in [0.5, 0.6) is 11.5 Å². The maximum Gasteiger partial charge on any atom is 0.161 e. The van der Waals surface area contributed by atoms with E-state index in [1.807, 2.05) is 18.2 Å². The molecule has 0 atom stereocenters. The van der Waals surface area contributed by atoms with Crippen molar-refractivity contribution in [3.63, 3.8) is 0 Å². The summed E-state index contributed by atoms with van der Waals surface area (Å²) in [5.41, 5.74) is 1.15. The van der Waals surface area contributed by atoms with Crippen molar-refractivity contribution in [2.45, 2.75) is 19.9 Å². The lowest BCUT2D eigenvalue weighted by Crippen LogP contribution is -2.21. The number of rotatable bonds is 11. The molecule has 130 valence electrons. The highest BCUT2D eigenvalue weighted by molar-refractivity contribution is 5.85. The number of benzene rings is 1. The first-order chi connectivity index (χ1) is 9.81. The highest BCUT2D eigenvalue weighted by Crippen LogP contribution is 2.27. The summed E-state index contributed by atoms with van der Waals surface area (Å²) in [4.78, 5) is 0. The Morgan fingerprint density at radius 3 is 2.45 bits per heavy atom. The van der Waals surface area contributed by atoms with Crippen molar-refractivity contribution >= 4 is 24.8 Å². The SMILES string of the molecule is CCNCCCNCc1ccc(OCCO)c(OC)c1.Cl.Cl. The molecular formula is C15H28Cl2N2O3. The Morgan fingerprint density at radius 2 is 1.82 bits per heavy atom. The van der Waals surface area contributed by atoms with Crippen LogP contribution in [-0.2, 0) is 6.54 Å². The van der Waals surface area contributed by atoms with Crippen molar-refractivity contribution in [2.24, 2.45) is 0 Å². The maximum atomic E-state index is 8.77. The van der Waals surface area contributed by atoms with Gasteiger partial charge in [0.15, 0.2) is 11.5 Å². The molecule has 0 aliphatic carbocycles. The third kappa shape index (κ3) is 9.33. The first-order valence-corrected chi connectivity index (χ1v) is 7.13. The van der Waals surface area contributed by atoms with Crippen molar-refractivity contribution in [2.75, 3.05) is 40.0 Å². The predicted molar refractivity (Wildman–Crippen MR) is 94.9 cm³/mol. The van der Waals surface area contributed by atoms with Crippen molar-refractivity contribution in [1.29, 1.82) is 0 Å². The van der Waals surface area contributed by atoms with Gasteiger partial charge in [-0.15, -0.1) is 24.8 Å². The van der Waals surface area contributed by atoms with Crippen molar-refractivity contribution in [1.82, 2.24) is 10.6 Å². The zero-order valence-electron chi connectivity index (χ0n) is 13.3. The van der Waals surface area contributed by atoms with Crippen LogP contribution in [0, 0.1) is 0 Å². The molecule has 0 unspecified atom stereocenters. The zero-order chi connectivity index (χ0) is 14.6. The minimum atomic E-state index is -0.00173. The Balaban J connectivity index is 0. The van der Waals surface area contributed by atoms with Crippen molar-refractivity contribution < 1.29 is 14.6 Å². The van der Waals surface area contributed by atoms with E-state index in [-0.39, 0.29) is 38.0 Å². The van der Waals surface area contributed by atoms with Gasteiger partial charge < -0.3 is 25.2 Å². The molecule has 0 bridgehead atoms. The number of hydrogen-bond acceptors (Lipinski definition) is 5. The highest BCUT2D eigenvalue weighted by atomic mass is 35.5. The lowest BCUT2D eigenvalue weighted by Gasteiger charge is -2.12. The minimum absolute atomic E-state index is 0. The van der Waals surface area contributed by atoms with Gasteiger partial charge in [0.25, 0.3) is 0 Å². The lowest BCUT2D eigenvalue weighted by atomic mass is 10.2. The minimum Gasteiger partial charge on any atom is -0.493 e. The summed E-state index contributed by atoms with van der Waals surface area (Å²) in [6.07, 6.45) is 1.11. The number of hydrogen-bond donors (Lipinski definition) is 3. The Kier molecular flexibility index (Phi) is 16.3. The average Bonchev–Trinajstić information content (AvgIpc) is 2.49. The predicted octanol–water partition coefficient (Wildman–Crippen LogP) is 2.00. The van der Waals surface area contributed by atoms with Gasteiger partial charge in [-0.1, -0.05) is 13.0 Å². The summed E-state index contributed by atoms with van der Waals surface area (Å²) in [5.74, 6) is 1.36. The summed E-state index contributed by atoms with van der Waals surface area (Å²) < 4.78 is 10.7. The standard InChI is InChI=1S/C15H26N2O3.2ClH/c1-3-16-7-4-8-17-12-13-5-6-14(20-10-9-18)15(11-13)19-2;;/h5-6,11,16-18H,3-4,7-10,12H2,1-2H3;2*1H. The summed E-state index contributed by atoms with van der Waals surface area (Å²) in [7, 11) is 1.62. The molecule has 0 aromatic heterocycles. The van der Waals surface area contributed by atoms with Gasteiger partial charge >= 0.3 is 0 Å². The summed E-state index contributed by atoms with van der Waals surface area (Å²) in [6.45, 7) is 6.24. The van der Waals surface area contributed by atoms with Gasteiger partial charge in [0, 0.05) is 6.54 Å². The number of nitrogens with one attached hydrogen (secondary N) is 2. The van der Waals surface area contributed by atoms with E-state index in [0.717, 1.165) is 38.2 Å². The molecule has 0 aliphatic rings. The topological polar surface area (TPSA) is 62.8 Å². The second-order valence-electron chi connectivity index (χ2n) is 4.44. The fourth-order valence-electron chi connectivity index (χ4n) is 1.84. The first-order valence-electron chi connectivity index (χ1n) is 7.13. The fourth-order valence-corrected chi connectivity index (χ4v) is 1.84. The van der Waals surface area contributed by atoms with Crippen LogP contribution in [0.3, 0.4) is 0 Å². The van der Waals surface area contributed by atoms with E-state index >= 15 is 0 Å². The normalized spacial score (nSPS) is 9.59. The maximum absolute atomic E-state index is 8.77. The van der Waals surface area contributed by atoms with E-state index in [1.54, 1.807) is 7.11 Å². The molecule has 7 heteroatoms. The smallest absolute Gasteiger partial charge is 0.161 e. The molecule has 0 aliphatic heterocycles. The molecule has 0 radical (unpaired) electrons. The number of aliphatic hydroxyl groups is 1. The number of methoxy groups -OCH3 is 1. The van der Waals surface area contributed by atoms with Gasteiger partial charge in [-0.3, -0.25) is 0 Å². The number of ether oxygens (including phenoxy) is 2. The van der Waals surface area contributed by atoms with Crippen LogP contribution in [-0.4, -0.2) is 45.1 Å². The van der Waals surface area contributed by atoms with E-state index in [4.69, 9.17) is 14.6 Å². The molecule has 5 nitrogen and oxygen atoms in total. The number of halogens is 2. The van der Waals surface area contributed by atoms with Crippen LogP contribution < -0.4 is 20.1 Å². The lowest BCUT2D eigenvalue weighted by molar-refractivity contribution is 0.196. The Labute approximate surface area is 145 Å². The highest BCUT2D eigenvalue weighted by Gasteiger charge is 2.05. The molecule has 1 aromatic rings. The van der Waals surface area contributed by atoms with E-state index in [0.29, 0.717) is 11.5 Å². The van der Waals surface area contributed by atoms with Gasteiger partial charge in [0.1, 0.15) is 6.61 Å². The van der Waals surface area contributed by atoms with Gasteiger partial charge in [0.2, 0.25) is 0 Å². The van der Waals surface area contributed by atoms with E-state index in [9.17, 15) is 0 Å². The molecule has 0 spiro atoms. The van der Waals surface area contributed by atoms with E-state index in [1.165, 1.54) is 0 Å². The molecule has 0 fully saturated rings. The molecule has 0 saturated heterocycles. The molecule has 1 aromatic carbocycles. The van der Waals surface area contributed by atoms with Crippen molar-refractivity contribution in [3.05, 3.63) is 23.8 Å². The van der Waals surface area contributed by atoms with Crippen LogP contribution in [0.1, 0.15) is 18.9 Å². The van der Waals surface area contributed by atoms with Crippen LogP contribution >= 0.6 is 24.8 Å². The second kappa shape index (κ2) is 15.2. The molecule has 0 saturated carbocycles. The molecular weight excluding hydrogens is 327 g/mol. The third-order valence-corrected chi connectivity index (χ3v) is 2.86. The Hall–Kier alpha value is -0.720. The number of aliphatic hydroxyl groups excluding tert-OH is 1. The molecule has 22 heavy (non-hydrogen) atoms. The van der Waals surface area contributed by atoms with Gasteiger partial charge in [-0.05, 0) is 43.8 Å². The third-order valence-electron chi connectivity index (χ3n) is 2.86. The summed E-state index contributed by atoms with van der Waals surface area (Å²) >= 11 is 0. The average molecular weight is 355 g/mol. The molecule has 0 heterocycles.